The second-order valence-corrected chi connectivity index (χ2v) is 6.86. The van der Waals surface area contributed by atoms with E-state index in [1.54, 1.807) is 42.5 Å². The van der Waals surface area contributed by atoms with Gasteiger partial charge in [-0.2, -0.15) is 5.10 Å². The van der Waals surface area contributed by atoms with Gasteiger partial charge in [0.25, 0.3) is 11.8 Å². The van der Waals surface area contributed by atoms with Crippen LogP contribution in [0, 0.1) is 0 Å². The molecular formula is C25H26N4O3. The number of hydrogen-bond acceptors (Lipinski definition) is 5. The molecule has 0 atom stereocenters. The number of hydrogen-bond donors (Lipinski definition) is 2. The Balaban J connectivity index is 1.81. The molecule has 0 bridgehead atoms. The molecule has 0 aliphatic rings. The Morgan fingerprint density at radius 2 is 1.69 bits per heavy atom. The van der Waals surface area contributed by atoms with Crippen molar-refractivity contribution in [1.82, 2.24) is 10.7 Å². The van der Waals surface area contributed by atoms with Crippen molar-refractivity contribution >= 4 is 29.8 Å². The second kappa shape index (κ2) is 11.3. The lowest BCUT2D eigenvalue weighted by Gasteiger charge is -2.20. The van der Waals surface area contributed by atoms with E-state index in [4.69, 9.17) is 4.42 Å². The largest absolute Gasteiger partial charge is 0.463 e. The fraction of sp³-hybridized carbons (Fsp3) is 0.160. The highest BCUT2D eigenvalue weighted by Crippen LogP contribution is 2.16. The van der Waals surface area contributed by atoms with E-state index < -0.39 is 5.91 Å². The summed E-state index contributed by atoms with van der Waals surface area (Å²) in [5, 5.41) is 6.59. The van der Waals surface area contributed by atoms with Crippen LogP contribution >= 0.6 is 0 Å². The summed E-state index contributed by atoms with van der Waals surface area (Å²) in [6.07, 6.45) is 4.51. The van der Waals surface area contributed by atoms with Gasteiger partial charge in [-0.25, -0.2) is 5.43 Å². The first-order valence-electron chi connectivity index (χ1n) is 10.4. The fourth-order valence-corrected chi connectivity index (χ4v) is 3.06. The molecule has 2 amide bonds. The third kappa shape index (κ3) is 6.18. The molecule has 0 aliphatic carbocycles. The van der Waals surface area contributed by atoms with Crippen molar-refractivity contribution < 1.29 is 14.0 Å². The summed E-state index contributed by atoms with van der Waals surface area (Å²) in [7, 11) is 0. The summed E-state index contributed by atoms with van der Waals surface area (Å²) in [6, 6.07) is 19.9. The van der Waals surface area contributed by atoms with Gasteiger partial charge in [0, 0.05) is 24.3 Å². The minimum atomic E-state index is -0.551. The molecule has 0 unspecified atom stereocenters. The van der Waals surface area contributed by atoms with E-state index in [-0.39, 0.29) is 11.6 Å². The highest BCUT2D eigenvalue weighted by atomic mass is 16.3. The van der Waals surface area contributed by atoms with E-state index >= 15 is 0 Å². The molecule has 3 rings (SSSR count). The van der Waals surface area contributed by atoms with Crippen molar-refractivity contribution in [3.05, 3.63) is 95.6 Å². The summed E-state index contributed by atoms with van der Waals surface area (Å²) in [5.74, 6) is -0.442. The Hall–Kier alpha value is -4.13. The van der Waals surface area contributed by atoms with Crippen LogP contribution in [-0.4, -0.2) is 31.1 Å². The number of furan rings is 1. The van der Waals surface area contributed by atoms with Crippen LogP contribution in [-0.2, 0) is 4.79 Å². The Labute approximate surface area is 187 Å². The number of rotatable bonds is 9. The molecule has 0 aliphatic heterocycles. The summed E-state index contributed by atoms with van der Waals surface area (Å²) >= 11 is 0. The van der Waals surface area contributed by atoms with Crippen molar-refractivity contribution in [3.8, 4) is 0 Å². The lowest BCUT2D eigenvalue weighted by Crippen LogP contribution is -2.32. The summed E-state index contributed by atoms with van der Waals surface area (Å²) < 4.78 is 5.15. The van der Waals surface area contributed by atoms with E-state index in [0.29, 0.717) is 11.3 Å². The Morgan fingerprint density at radius 3 is 2.31 bits per heavy atom. The van der Waals surface area contributed by atoms with Crippen LogP contribution < -0.4 is 15.6 Å². The normalized spacial score (nSPS) is 11.4. The number of nitrogens with zero attached hydrogens (tertiary/aromatic N) is 2. The lowest BCUT2D eigenvalue weighted by atomic mass is 10.1. The molecule has 0 radical (unpaired) electrons. The van der Waals surface area contributed by atoms with E-state index in [9.17, 15) is 9.59 Å². The molecular weight excluding hydrogens is 404 g/mol. The zero-order chi connectivity index (χ0) is 22.8. The molecule has 7 heteroatoms. The fourth-order valence-electron chi connectivity index (χ4n) is 3.06. The van der Waals surface area contributed by atoms with Gasteiger partial charge >= 0.3 is 0 Å². The van der Waals surface area contributed by atoms with Gasteiger partial charge in [-0.1, -0.05) is 30.3 Å². The van der Waals surface area contributed by atoms with Crippen LogP contribution in [0.3, 0.4) is 0 Å². The predicted molar refractivity (Wildman–Crippen MR) is 126 cm³/mol. The smallest absolute Gasteiger partial charge is 0.287 e. The van der Waals surface area contributed by atoms with Crippen LogP contribution in [0.1, 0.15) is 35.5 Å². The van der Waals surface area contributed by atoms with Crippen LogP contribution in [0.2, 0.25) is 0 Å². The predicted octanol–water partition coefficient (Wildman–Crippen LogP) is 4.05. The van der Waals surface area contributed by atoms with Crippen molar-refractivity contribution in [2.75, 3.05) is 18.0 Å². The minimum absolute atomic E-state index is 0.0750. The van der Waals surface area contributed by atoms with Crippen LogP contribution in [0.5, 0.6) is 0 Å². The van der Waals surface area contributed by atoms with Crippen molar-refractivity contribution in [1.29, 1.82) is 0 Å². The number of anilines is 1. The quantitative estimate of drug-likeness (QED) is 0.305. The average Bonchev–Trinajstić information content (AvgIpc) is 3.34. The first-order valence-corrected chi connectivity index (χ1v) is 10.4. The molecule has 1 aromatic heterocycles. The van der Waals surface area contributed by atoms with Crippen LogP contribution in [0.15, 0.2) is 88.2 Å². The summed E-state index contributed by atoms with van der Waals surface area (Å²) in [4.78, 5) is 27.6. The number of amides is 2. The molecule has 3 aromatic rings. The molecule has 7 nitrogen and oxygen atoms in total. The Kier molecular flexibility index (Phi) is 7.97. The standard InChI is InChI=1S/C25H26N4O3/c1-3-29(4-2)21-14-12-19(13-15-21)17-23(27-24(30)20-9-6-5-7-10-20)25(31)28-26-18-22-11-8-16-32-22/h5-18H,3-4H2,1-2H3,(H,27,30)(H,28,31)/b23-17-,26-18?. The van der Waals surface area contributed by atoms with Gasteiger partial charge < -0.3 is 14.6 Å². The van der Waals surface area contributed by atoms with Crippen LogP contribution in [0.4, 0.5) is 5.69 Å². The zero-order valence-corrected chi connectivity index (χ0v) is 18.1. The van der Waals surface area contributed by atoms with E-state index in [0.717, 1.165) is 24.3 Å². The summed E-state index contributed by atoms with van der Waals surface area (Å²) in [6.45, 7) is 6.00. The highest BCUT2D eigenvalue weighted by molar-refractivity contribution is 6.05. The van der Waals surface area contributed by atoms with Gasteiger partial charge in [0.2, 0.25) is 0 Å². The molecule has 0 fully saturated rings. The van der Waals surface area contributed by atoms with Gasteiger partial charge in [0.05, 0.1) is 12.5 Å². The first kappa shape index (κ1) is 22.6. The Morgan fingerprint density at radius 1 is 0.969 bits per heavy atom. The first-order chi connectivity index (χ1) is 15.6. The maximum atomic E-state index is 12.8. The average molecular weight is 431 g/mol. The molecule has 0 saturated carbocycles. The van der Waals surface area contributed by atoms with E-state index in [1.807, 2.05) is 30.3 Å². The molecule has 2 aromatic carbocycles. The van der Waals surface area contributed by atoms with Gasteiger partial charge in [-0.3, -0.25) is 9.59 Å². The van der Waals surface area contributed by atoms with Crippen molar-refractivity contribution in [3.63, 3.8) is 0 Å². The SMILES string of the molecule is CCN(CC)c1ccc(/C=C(\NC(=O)c2ccccc2)C(=O)NN=Cc2ccco2)cc1. The van der Waals surface area contributed by atoms with Crippen molar-refractivity contribution in [2.24, 2.45) is 5.10 Å². The molecule has 0 saturated heterocycles. The van der Waals surface area contributed by atoms with E-state index in [2.05, 4.69) is 34.6 Å². The number of hydrazone groups is 1. The monoisotopic (exact) mass is 430 g/mol. The third-order valence-corrected chi connectivity index (χ3v) is 4.76. The van der Waals surface area contributed by atoms with Crippen molar-refractivity contribution in [2.45, 2.75) is 13.8 Å². The topological polar surface area (TPSA) is 86.9 Å². The number of nitrogens with one attached hydrogen (secondary N) is 2. The molecule has 0 spiro atoms. The highest BCUT2D eigenvalue weighted by Gasteiger charge is 2.14. The second-order valence-electron chi connectivity index (χ2n) is 6.86. The number of carbonyl (C=O) groups is 2. The van der Waals surface area contributed by atoms with E-state index in [1.165, 1.54) is 12.5 Å². The van der Waals surface area contributed by atoms with Gasteiger partial charge in [-0.05, 0) is 61.9 Å². The minimum Gasteiger partial charge on any atom is -0.463 e. The van der Waals surface area contributed by atoms with Gasteiger partial charge in [0.15, 0.2) is 0 Å². The van der Waals surface area contributed by atoms with Crippen LogP contribution in [0.25, 0.3) is 6.08 Å². The zero-order valence-electron chi connectivity index (χ0n) is 18.1. The van der Waals surface area contributed by atoms with Gasteiger partial charge in [-0.15, -0.1) is 0 Å². The molecule has 1 heterocycles. The lowest BCUT2D eigenvalue weighted by molar-refractivity contribution is -0.117. The molecule has 164 valence electrons. The molecule has 2 N–H and O–H groups in total. The summed E-state index contributed by atoms with van der Waals surface area (Å²) in [5.41, 5.74) is 4.81. The number of carbonyl (C=O) groups excluding carboxylic acids is 2. The molecule has 32 heavy (non-hydrogen) atoms. The number of benzene rings is 2. The maximum Gasteiger partial charge on any atom is 0.287 e. The maximum absolute atomic E-state index is 12.8. The Bertz CT molecular complexity index is 1070. The van der Waals surface area contributed by atoms with Gasteiger partial charge in [0.1, 0.15) is 11.5 Å². The third-order valence-electron chi connectivity index (χ3n) is 4.76.